The van der Waals surface area contributed by atoms with Crippen molar-refractivity contribution in [1.29, 1.82) is 0 Å². The normalized spacial score (nSPS) is 16.3. The minimum absolute atomic E-state index is 0.109. The second-order valence-electron chi connectivity index (χ2n) is 13.3. The van der Waals surface area contributed by atoms with Crippen LogP contribution in [0.4, 0.5) is 167 Å². The molecule has 400 valence electrons. The highest BCUT2D eigenvalue weighted by Crippen LogP contribution is 2.69. The minimum atomic E-state index is -9.50. The average Bonchev–Trinajstić information content (AvgIpc) is 3.16. The van der Waals surface area contributed by atoms with Gasteiger partial charge in [0.1, 0.15) is 11.5 Å². The molecule has 0 N–H and O–H groups in total. The van der Waals surface area contributed by atoms with Crippen molar-refractivity contribution in [2.75, 3.05) is 0 Å². The summed E-state index contributed by atoms with van der Waals surface area (Å²) in [7, 11) is 0. The molecule has 0 bridgehead atoms. The van der Waals surface area contributed by atoms with Crippen LogP contribution in [0.5, 0.6) is 11.5 Å². The third kappa shape index (κ3) is 7.65. The lowest BCUT2D eigenvalue weighted by Gasteiger charge is -2.44. The zero-order valence-corrected chi connectivity index (χ0v) is 30.4. The van der Waals surface area contributed by atoms with Crippen LogP contribution in [0.15, 0.2) is 48.5 Å². The third-order valence-electron chi connectivity index (χ3n) is 8.90. The van der Waals surface area contributed by atoms with Crippen LogP contribution in [0.2, 0.25) is 0 Å². The van der Waals surface area contributed by atoms with E-state index < -0.39 is 154 Å². The Hall–Kier alpha value is -4.42. The molecule has 0 saturated carbocycles. The Morgan fingerprint density at radius 3 is 0.551 bits per heavy atom. The van der Waals surface area contributed by atoms with Gasteiger partial charge in [-0.15, -0.1) is 0 Å². The molecule has 69 heavy (non-hydrogen) atoms. The Labute approximate surface area is 350 Å². The molecule has 2 aromatic rings. The zero-order valence-electron chi connectivity index (χ0n) is 30.4. The molecule has 0 radical (unpaired) electrons. The molecule has 0 aromatic heterocycles. The van der Waals surface area contributed by atoms with Crippen molar-refractivity contribution < 1.29 is 172 Å². The van der Waals surface area contributed by atoms with Crippen LogP contribution in [-0.4, -0.2) is 95.3 Å². The maximum atomic E-state index is 15.2. The maximum Gasteiger partial charge on any atom is 0.460 e. The number of benzene rings is 2. The number of ether oxygens (including phenoxy) is 1. The van der Waals surface area contributed by atoms with Gasteiger partial charge in [0, 0.05) is 0 Å². The standard InChI is InChI=1S/C30H8F38O/c31-13(32,15(35,36)17(39,40)19(43,44)21(47,48)23(51,52)25(55,56)27(59,60)29(63,64)65)9-5-1-3-7-11(9)69-12-8-4-2-6-10(12)14(33,34)16(37,38)18(41,42)20(45,46)22(49,50)24(53,54)26(57,58)28(61,62)30(66,67)68/h1-8H. The number of hydrogen-bond donors (Lipinski definition) is 0. The van der Waals surface area contributed by atoms with Crippen molar-refractivity contribution in [3.63, 3.8) is 0 Å². The molecule has 0 amide bonds. The van der Waals surface area contributed by atoms with E-state index >= 15 is 17.6 Å². The van der Waals surface area contributed by atoms with E-state index in [-0.39, 0.29) is 24.3 Å². The van der Waals surface area contributed by atoms with Crippen LogP contribution in [0, 0.1) is 0 Å². The molecule has 2 rings (SSSR count). The fourth-order valence-corrected chi connectivity index (χ4v) is 4.81. The topological polar surface area (TPSA) is 9.23 Å². The van der Waals surface area contributed by atoms with Gasteiger partial charge in [-0.1, -0.05) is 24.3 Å². The highest BCUT2D eigenvalue weighted by molar-refractivity contribution is 5.46. The van der Waals surface area contributed by atoms with Crippen LogP contribution < -0.4 is 4.74 Å². The molecule has 2 aromatic carbocycles. The molecule has 0 atom stereocenters. The lowest BCUT2D eigenvalue weighted by atomic mass is 9.85. The first-order valence-electron chi connectivity index (χ1n) is 15.7. The Morgan fingerprint density at radius 2 is 0.362 bits per heavy atom. The fourth-order valence-electron chi connectivity index (χ4n) is 4.81. The monoisotopic (exact) mass is 1110 g/mol. The summed E-state index contributed by atoms with van der Waals surface area (Å²) in [4.78, 5) is 0. The first-order valence-corrected chi connectivity index (χ1v) is 15.7. The SMILES string of the molecule is FC(F)(F)C(F)(F)C(F)(F)C(F)(F)C(F)(F)C(F)(F)C(F)(F)C(F)(F)C(F)(F)c1ccccc1Oc1ccccc1C(F)(F)C(F)(F)C(F)(F)C(F)(F)C(F)(F)C(F)(F)C(F)(F)C(F)(F)C(F)(F)F. The molecule has 0 aliphatic rings. The summed E-state index contributed by atoms with van der Waals surface area (Å²) in [6, 6.07) is -4.29. The second-order valence-corrected chi connectivity index (χ2v) is 13.3. The summed E-state index contributed by atoms with van der Waals surface area (Å²) in [5, 5.41) is 0. The van der Waals surface area contributed by atoms with E-state index in [1.165, 1.54) is 0 Å². The second kappa shape index (κ2) is 16.0. The van der Waals surface area contributed by atoms with E-state index in [0.717, 1.165) is 0 Å². The highest BCUT2D eigenvalue weighted by Gasteiger charge is 2.98. The van der Waals surface area contributed by atoms with E-state index in [0.29, 0.717) is 0 Å². The van der Waals surface area contributed by atoms with Crippen molar-refractivity contribution in [2.24, 2.45) is 0 Å². The van der Waals surface area contributed by atoms with E-state index in [1.54, 1.807) is 0 Å². The van der Waals surface area contributed by atoms with E-state index in [1.807, 2.05) is 0 Å². The van der Waals surface area contributed by atoms with Gasteiger partial charge in [-0.2, -0.15) is 167 Å². The Balaban J connectivity index is 2.87. The highest BCUT2D eigenvalue weighted by atomic mass is 19.4. The number of hydrogen-bond acceptors (Lipinski definition) is 1. The predicted octanol–water partition coefficient (Wildman–Crippen LogP) is 15.7. The van der Waals surface area contributed by atoms with Gasteiger partial charge < -0.3 is 4.74 Å². The molecule has 0 unspecified atom stereocenters. The summed E-state index contributed by atoms with van der Waals surface area (Å²) in [5.74, 6) is -150. The molecule has 1 nitrogen and oxygen atoms in total. The summed E-state index contributed by atoms with van der Waals surface area (Å²) >= 11 is 0. The Bertz CT molecular complexity index is 2020. The molecule has 0 heterocycles. The average molecular weight is 1110 g/mol. The number of para-hydroxylation sites is 2. The first kappa shape index (κ1) is 60.7. The zero-order chi connectivity index (χ0) is 55.7. The summed E-state index contributed by atoms with van der Waals surface area (Å²) in [5.41, 5.74) is -7.18. The Kier molecular flexibility index (Phi) is 14.1. The fraction of sp³-hybridized carbons (Fsp3) is 0.600. The van der Waals surface area contributed by atoms with Gasteiger partial charge in [-0.25, -0.2) is 0 Å². The molecule has 0 spiro atoms. The van der Waals surface area contributed by atoms with Crippen molar-refractivity contribution >= 4 is 0 Å². The van der Waals surface area contributed by atoms with Crippen LogP contribution >= 0.6 is 0 Å². The van der Waals surface area contributed by atoms with Gasteiger partial charge in [0.2, 0.25) is 0 Å². The lowest BCUT2D eigenvalue weighted by Crippen LogP contribution is -2.75. The number of halogens is 38. The van der Waals surface area contributed by atoms with E-state index in [2.05, 4.69) is 4.74 Å². The smallest absolute Gasteiger partial charge is 0.456 e. The Morgan fingerprint density at radius 1 is 0.203 bits per heavy atom. The van der Waals surface area contributed by atoms with Gasteiger partial charge in [0.25, 0.3) is 0 Å². The van der Waals surface area contributed by atoms with Crippen molar-refractivity contribution in [3.05, 3.63) is 59.7 Å². The molecule has 0 aliphatic heterocycles. The molecular weight excluding hydrogens is 1100 g/mol. The summed E-state index contributed by atoms with van der Waals surface area (Å²) in [6.45, 7) is 0. The predicted molar refractivity (Wildman–Crippen MR) is 142 cm³/mol. The molecule has 39 heteroatoms. The molecule has 0 fully saturated rings. The van der Waals surface area contributed by atoms with Gasteiger partial charge in [0.05, 0.1) is 11.1 Å². The van der Waals surface area contributed by atoms with E-state index in [4.69, 9.17) is 0 Å². The summed E-state index contributed by atoms with van der Waals surface area (Å²) < 4.78 is 531. The van der Waals surface area contributed by atoms with Crippen molar-refractivity contribution in [2.45, 2.75) is 107 Å². The minimum Gasteiger partial charge on any atom is -0.456 e. The third-order valence-corrected chi connectivity index (χ3v) is 8.90. The van der Waals surface area contributed by atoms with Crippen LogP contribution in [0.3, 0.4) is 0 Å². The molecular formula is C30H8F38O. The van der Waals surface area contributed by atoms with Crippen LogP contribution in [-0.2, 0) is 11.8 Å². The van der Waals surface area contributed by atoms with Crippen molar-refractivity contribution in [1.82, 2.24) is 0 Å². The molecule has 0 saturated heterocycles. The first-order chi connectivity index (χ1) is 29.7. The van der Waals surface area contributed by atoms with Gasteiger partial charge >= 0.3 is 107 Å². The van der Waals surface area contributed by atoms with E-state index in [9.17, 15) is 149 Å². The lowest BCUT2D eigenvalue weighted by molar-refractivity contribution is -0.469. The van der Waals surface area contributed by atoms with Crippen LogP contribution in [0.1, 0.15) is 11.1 Å². The number of alkyl halides is 38. The van der Waals surface area contributed by atoms with Crippen LogP contribution in [0.25, 0.3) is 0 Å². The summed E-state index contributed by atoms with van der Waals surface area (Å²) in [6.07, 6.45) is -16.5. The quantitative estimate of drug-likeness (QED) is 0.135. The molecule has 0 aliphatic carbocycles. The van der Waals surface area contributed by atoms with Gasteiger partial charge in [0.15, 0.2) is 0 Å². The maximum absolute atomic E-state index is 15.2. The van der Waals surface area contributed by atoms with Gasteiger partial charge in [-0.3, -0.25) is 0 Å². The van der Waals surface area contributed by atoms with Gasteiger partial charge in [-0.05, 0) is 24.3 Å². The number of rotatable bonds is 18. The largest absolute Gasteiger partial charge is 0.460 e. The van der Waals surface area contributed by atoms with Crippen molar-refractivity contribution in [3.8, 4) is 11.5 Å².